The number of alkyl halides is 1. The van der Waals surface area contributed by atoms with E-state index in [2.05, 4.69) is 15.9 Å². The van der Waals surface area contributed by atoms with Gasteiger partial charge in [0.05, 0.1) is 4.83 Å². The van der Waals surface area contributed by atoms with E-state index in [1.807, 2.05) is 6.92 Å². The zero-order valence-corrected chi connectivity index (χ0v) is 9.99. The lowest BCUT2D eigenvalue weighted by molar-refractivity contribution is 0.0988. The molecule has 0 bridgehead atoms. The van der Waals surface area contributed by atoms with Crippen LogP contribution in [0, 0.1) is 0 Å². The molecular weight excluding hydrogens is 260 g/mol. The van der Waals surface area contributed by atoms with Crippen LogP contribution in [-0.2, 0) is 0 Å². The van der Waals surface area contributed by atoms with E-state index >= 15 is 0 Å². The number of carbonyl (C=O) groups is 1. The number of carbonyl (C=O) groups excluding carboxylic acids is 1. The Labute approximate surface area is 96.9 Å². The Kier molecular flexibility index (Phi) is 4.15. The number of rotatable bonds is 4. The van der Waals surface area contributed by atoms with Gasteiger partial charge in [-0.2, -0.15) is 0 Å². The molecule has 0 spiro atoms. The van der Waals surface area contributed by atoms with Gasteiger partial charge in [-0.15, -0.1) is 0 Å². The van der Waals surface area contributed by atoms with Crippen LogP contribution in [0.2, 0.25) is 0 Å². The summed E-state index contributed by atoms with van der Waals surface area (Å²) in [7, 11) is 0. The van der Waals surface area contributed by atoms with Gasteiger partial charge in [-0.05, 0) is 24.6 Å². The van der Waals surface area contributed by atoms with Crippen LogP contribution in [0.5, 0.6) is 11.5 Å². The van der Waals surface area contributed by atoms with Crippen LogP contribution in [0.25, 0.3) is 0 Å². The molecule has 0 aromatic heterocycles. The Morgan fingerprint density at radius 3 is 2.60 bits per heavy atom. The van der Waals surface area contributed by atoms with Gasteiger partial charge in [-0.1, -0.05) is 29.3 Å². The van der Waals surface area contributed by atoms with Gasteiger partial charge in [-0.3, -0.25) is 4.79 Å². The van der Waals surface area contributed by atoms with Crippen LogP contribution >= 0.6 is 15.9 Å². The van der Waals surface area contributed by atoms with E-state index in [0.29, 0.717) is 5.56 Å². The number of hydrogen-bond donors (Lipinski definition) is 2. The van der Waals surface area contributed by atoms with E-state index in [4.69, 9.17) is 5.11 Å². The fraction of sp³-hybridized carbons (Fsp3) is 0.364. The summed E-state index contributed by atoms with van der Waals surface area (Å²) >= 11 is 3.29. The van der Waals surface area contributed by atoms with E-state index in [1.54, 1.807) is 0 Å². The molecule has 1 aromatic rings. The molecule has 0 fully saturated rings. The summed E-state index contributed by atoms with van der Waals surface area (Å²) in [6, 6.07) is 4.09. The van der Waals surface area contributed by atoms with E-state index in [1.165, 1.54) is 18.2 Å². The van der Waals surface area contributed by atoms with Crippen molar-refractivity contribution in [2.45, 2.75) is 24.6 Å². The SMILES string of the molecule is CCCC(Br)C(=O)c1ccc(O)c(O)c1. The van der Waals surface area contributed by atoms with Crippen LogP contribution in [0.1, 0.15) is 30.1 Å². The third-order valence-electron chi connectivity index (χ3n) is 2.09. The molecule has 0 aliphatic heterocycles. The predicted molar refractivity (Wildman–Crippen MR) is 61.7 cm³/mol. The summed E-state index contributed by atoms with van der Waals surface area (Å²) in [6.45, 7) is 2.00. The smallest absolute Gasteiger partial charge is 0.176 e. The molecule has 15 heavy (non-hydrogen) atoms. The molecule has 0 saturated carbocycles. The summed E-state index contributed by atoms with van der Waals surface area (Å²) in [6.07, 6.45) is 1.66. The molecule has 1 unspecified atom stereocenters. The summed E-state index contributed by atoms with van der Waals surface area (Å²) in [5.41, 5.74) is 0.403. The molecule has 0 radical (unpaired) electrons. The van der Waals surface area contributed by atoms with Gasteiger partial charge in [-0.25, -0.2) is 0 Å². The Hall–Kier alpha value is -1.03. The van der Waals surface area contributed by atoms with E-state index in [-0.39, 0.29) is 22.1 Å². The Morgan fingerprint density at radius 2 is 2.07 bits per heavy atom. The molecule has 0 aliphatic carbocycles. The second kappa shape index (κ2) is 5.16. The van der Waals surface area contributed by atoms with Gasteiger partial charge < -0.3 is 10.2 Å². The van der Waals surface area contributed by atoms with Crippen LogP contribution in [-0.4, -0.2) is 20.8 Å². The number of halogens is 1. The van der Waals surface area contributed by atoms with Gasteiger partial charge >= 0.3 is 0 Å². The first kappa shape index (κ1) is 12.0. The first-order valence-corrected chi connectivity index (χ1v) is 5.68. The predicted octanol–water partition coefficient (Wildman–Crippen LogP) is 2.84. The third-order valence-corrected chi connectivity index (χ3v) is 2.96. The summed E-state index contributed by atoms with van der Waals surface area (Å²) in [5.74, 6) is -0.558. The number of aromatic hydroxyl groups is 2. The maximum absolute atomic E-state index is 11.8. The molecule has 0 amide bonds. The lowest BCUT2D eigenvalue weighted by atomic mass is 10.1. The van der Waals surface area contributed by atoms with Crippen molar-refractivity contribution in [3.8, 4) is 11.5 Å². The number of benzene rings is 1. The van der Waals surface area contributed by atoms with Crippen molar-refractivity contribution in [2.75, 3.05) is 0 Å². The monoisotopic (exact) mass is 272 g/mol. The standard InChI is InChI=1S/C11H13BrO3/c1-2-3-8(12)11(15)7-4-5-9(13)10(14)6-7/h4-6,8,13-14H,2-3H2,1H3. The van der Waals surface area contributed by atoms with Crippen LogP contribution in [0.15, 0.2) is 18.2 Å². The van der Waals surface area contributed by atoms with Crippen molar-refractivity contribution in [1.29, 1.82) is 0 Å². The number of Topliss-reactive ketones (excluding diaryl/α,β-unsaturated/α-hetero) is 1. The first-order valence-electron chi connectivity index (χ1n) is 4.76. The number of ketones is 1. The molecule has 0 saturated heterocycles. The molecule has 0 aliphatic rings. The Balaban J connectivity index is 2.87. The van der Waals surface area contributed by atoms with Crippen LogP contribution < -0.4 is 0 Å². The van der Waals surface area contributed by atoms with E-state index in [9.17, 15) is 9.90 Å². The number of hydrogen-bond acceptors (Lipinski definition) is 3. The molecule has 1 aromatic carbocycles. The number of phenolic OH excluding ortho intramolecular Hbond substituents is 2. The van der Waals surface area contributed by atoms with Crippen molar-refractivity contribution < 1.29 is 15.0 Å². The molecular formula is C11H13BrO3. The second-order valence-electron chi connectivity index (χ2n) is 3.32. The normalized spacial score (nSPS) is 12.4. The highest BCUT2D eigenvalue weighted by molar-refractivity contribution is 9.10. The van der Waals surface area contributed by atoms with Gasteiger partial charge in [0.15, 0.2) is 17.3 Å². The molecule has 3 nitrogen and oxygen atoms in total. The highest BCUT2D eigenvalue weighted by Crippen LogP contribution is 2.26. The minimum absolute atomic E-state index is 0.0767. The average Bonchev–Trinajstić information content (AvgIpc) is 2.21. The Morgan fingerprint density at radius 1 is 1.40 bits per heavy atom. The van der Waals surface area contributed by atoms with E-state index < -0.39 is 0 Å². The largest absolute Gasteiger partial charge is 0.504 e. The first-order chi connectivity index (χ1) is 7.06. The molecule has 4 heteroatoms. The van der Waals surface area contributed by atoms with Crippen LogP contribution in [0.3, 0.4) is 0 Å². The van der Waals surface area contributed by atoms with Gasteiger partial charge in [0, 0.05) is 5.56 Å². The zero-order valence-electron chi connectivity index (χ0n) is 8.40. The fourth-order valence-electron chi connectivity index (χ4n) is 1.24. The molecule has 0 heterocycles. The van der Waals surface area contributed by atoms with Crippen molar-refractivity contribution in [3.63, 3.8) is 0 Å². The van der Waals surface area contributed by atoms with Gasteiger partial charge in [0.25, 0.3) is 0 Å². The topological polar surface area (TPSA) is 57.5 Å². The summed E-state index contributed by atoms with van der Waals surface area (Å²) in [5, 5.41) is 18.3. The maximum Gasteiger partial charge on any atom is 0.176 e. The molecule has 1 rings (SSSR count). The molecule has 2 N–H and O–H groups in total. The summed E-state index contributed by atoms with van der Waals surface area (Å²) < 4.78 is 0. The highest BCUT2D eigenvalue weighted by atomic mass is 79.9. The van der Waals surface area contributed by atoms with Crippen molar-refractivity contribution in [2.24, 2.45) is 0 Å². The van der Waals surface area contributed by atoms with Crippen molar-refractivity contribution >= 4 is 21.7 Å². The fourth-order valence-corrected chi connectivity index (χ4v) is 1.96. The molecule has 82 valence electrons. The van der Waals surface area contributed by atoms with Gasteiger partial charge in [0.2, 0.25) is 0 Å². The lowest BCUT2D eigenvalue weighted by Crippen LogP contribution is -2.13. The van der Waals surface area contributed by atoms with Crippen molar-refractivity contribution in [3.05, 3.63) is 23.8 Å². The van der Waals surface area contributed by atoms with Crippen molar-refractivity contribution in [1.82, 2.24) is 0 Å². The summed E-state index contributed by atoms with van der Waals surface area (Å²) in [4.78, 5) is 11.5. The third kappa shape index (κ3) is 2.96. The van der Waals surface area contributed by atoms with E-state index in [0.717, 1.165) is 12.8 Å². The van der Waals surface area contributed by atoms with Crippen LogP contribution in [0.4, 0.5) is 0 Å². The van der Waals surface area contributed by atoms with Gasteiger partial charge in [0.1, 0.15) is 0 Å². The second-order valence-corrected chi connectivity index (χ2v) is 4.43. The Bertz CT molecular complexity index is 363. The maximum atomic E-state index is 11.8. The number of phenols is 2. The lowest BCUT2D eigenvalue weighted by Gasteiger charge is -2.07. The highest BCUT2D eigenvalue weighted by Gasteiger charge is 2.16. The molecule has 1 atom stereocenters. The minimum Gasteiger partial charge on any atom is -0.504 e. The minimum atomic E-state index is -0.267. The average molecular weight is 273 g/mol. The quantitative estimate of drug-likeness (QED) is 0.504. The zero-order chi connectivity index (χ0) is 11.4.